The van der Waals surface area contributed by atoms with Gasteiger partial charge in [-0.2, -0.15) is 18.3 Å². The molecule has 0 amide bonds. The first kappa shape index (κ1) is 14.2. The van der Waals surface area contributed by atoms with Crippen LogP contribution >= 0.6 is 0 Å². The van der Waals surface area contributed by atoms with Gasteiger partial charge in [0.15, 0.2) is 5.78 Å². The van der Waals surface area contributed by atoms with Crippen molar-refractivity contribution in [2.45, 2.75) is 26.1 Å². The van der Waals surface area contributed by atoms with Gasteiger partial charge in [-0.1, -0.05) is 0 Å². The van der Waals surface area contributed by atoms with Crippen LogP contribution in [0.4, 0.5) is 13.2 Å². The molecule has 0 bridgehead atoms. The van der Waals surface area contributed by atoms with Gasteiger partial charge in [0.1, 0.15) is 6.54 Å². The zero-order chi connectivity index (χ0) is 14.8. The number of nitrogens with zero attached hydrogens (tertiary/aromatic N) is 3. The molecule has 4 nitrogen and oxygen atoms in total. The summed E-state index contributed by atoms with van der Waals surface area (Å²) in [5.41, 5.74) is 1.26. The number of ketones is 1. The minimum atomic E-state index is -4.33. The Kier molecular flexibility index (Phi) is 3.87. The molecule has 0 radical (unpaired) electrons. The van der Waals surface area contributed by atoms with Crippen LogP contribution in [0, 0.1) is 6.92 Å². The van der Waals surface area contributed by atoms with Gasteiger partial charge in [-0.25, -0.2) is 0 Å². The van der Waals surface area contributed by atoms with Crippen molar-refractivity contribution in [1.82, 2.24) is 14.8 Å². The van der Waals surface area contributed by atoms with E-state index in [0.29, 0.717) is 16.8 Å². The Hall–Kier alpha value is -2.18. The summed E-state index contributed by atoms with van der Waals surface area (Å²) < 4.78 is 37.8. The topological polar surface area (TPSA) is 47.8 Å². The Labute approximate surface area is 113 Å². The molecule has 2 aromatic rings. The normalized spacial score (nSPS) is 11.6. The Morgan fingerprint density at radius 2 is 2.10 bits per heavy atom. The van der Waals surface area contributed by atoms with Crippen molar-refractivity contribution >= 4 is 5.78 Å². The molecule has 0 aromatic carbocycles. The predicted octanol–water partition coefficient (Wildman–Crippen LogP) is 2.57. The van der Waals surface area contributed by atoms with Crippen LogP contribution in [0.2, 0.25) is 0 Å². The van der Waals surface area contributed by atoms with E-state index >= 15 is 0 Å². The summed E-state index contributed by atoms with van der Waals surface area (Å²) in [4.78, 5) is 15.8. The summed E-state index contributed by atoms with van der Waals surface area (Å²) in [6.07, 6.45) is -0.0483. The van der Waals surface area contributed by atoms with Gasteiger partial charge >= 0.3 is 6.18 Å². The van der Waals surface area contributed by atoms with Crippen molar-refractivity contribution in [3.05, 3.63) is 47.5 Å². The number of alkyl halides is 3. The maximum Gasteiger partial charge on any atom is 0.408 e. The molecular formula is C13H12F3N3O. The summed E-state index contributed by atoms with van der Waals surface area (Å²) in [7, 11) is 0. The van der Waals surface area contributed by atoms with Crippen LogP contribution in [0.3, 0.4) is 0 Å². The Bertz CT molecular complexity index is 605. The second-order valence-electron chi connectivity index (χ2n) is 4.37. The van der Waals surface area contributed by atoms with Gasteiger partial charge in [0.2, 0.25) is 0 Å². The lowest BCUT2D eigenvalue weighted by Crippen LogP contribution is -2.19. The molecule has 0 saturated carbocycles. The van der Waals surface area contributed by atoms with Crippen LogP contribution in [0.15, 0.2) is 30.7 Å². The molecule has 20 heavy (non-hydrogen) atoms. The third kappa shape index (κ3) is 3.43. The van der Waals surface area contributed by atoms with Crippen molar-refractivity contribution in [2.75, 3.05) is 0 Å². The fourth-order valence-electron chi connectivity index (χ4n) is 1.79. The van der Waals surface area contributed by atoms with E-state index < -0.39 is 12.7 Å². The minimum absolute atomic E-state index is 0.00931. The number of aromatic nitrogens is 3. The Morgan fingerprint density at radius 1 is 1.35 bits per heavy atom. The summed E-state index contributed by atoms with van der Waals surface area (Å²) in [5.74, 6) is -0.201. The third-order valence-electron chi connectivity index (χ3n) is 2.87. The molecule has 0 unspecified atom stereocenters. The zero-order valence-electron chi connectivity index (χ0n) is 10.7. The lowest BCUT2D eigenvalue weighted by Gasteiger charge is -2.08. The van der Waals surface area contributed by atoms with E-state index in [2.05, 4.69) is 10.1 Å². The highest BCUT2D eigenvalue weighted by Crippen LogP contribution is 2.19. The molecule has 2 heterocycles. The largest absolute Gasteiger partial charge is 0.408 e. The molecule has 7 heteroatoms. The number of halogens is 3. The van der Waals surface area contributed by atoms with Crippen molar-refractivity contribution in [3.63, 3.8) is 0 Å². The summed E-state index contributed by atoms with van der Waals surface area (Å²) in [5, 5.41) is 3.68. The van der Waals surface area contributed by atoms with Crippen LogP contribution in [-0.2, 0) is 13.0 Å². The monoisotopic (exact) mass is 283 g/mol. The highest BCUT2D eigenvalue weighted by Gasteiger charge is 2.29. The summed E-state index contributed by atoms with van der Waals surface area (Å²) >= 11 is 0. The maximum absolute atomic E-state index is 12.3. The van der Waals surface area contributed by atoms with Gasteiger partial charge in [0.25, 0.3) is 0 Å². The molecule has 106 valence electrons. The minimum Gasteiger partial charge on any atom is -0.294 e. The number of rotatable bonds is 4. The van der Waals surface area contributed by atoms with Crippen LogP contribution in [0.5, 0.6) is 0 Å². The standard InChI is InChI=1S/C13H12F3N3O/c1-9-11(7-18-19(9)8-13(14,15)16)5-12(20)10-3-2-4-17-6-10/h2-4,6-7H,5,8H2,1H3. The molecule has 2 aromatic heterocycles. The van der Waals surface area contributed by atoms with E-state index in [4.69, 9.17) is 0 Å². The van der Waals surface area contributed by atoms with Crippen molar-refractivity contribution in [1.29, 1.82) is 0 Å². The van der Waals surface area contributed by atoms with E-state index in [-0.39, 0.29) is 12.2 Å². The fraction of sp³-hybridized carbons (Fsp3) is 0.308. The quantitative estimate of drug-likeness (QED) is 0.810. The van der Waals surface area contributed by atoms with E-state index in [9.17, 15) is 18.0 Å². The number of hydrogen-bond donors (Lipinski definition) is 0. The molecule has 0 saturated heterocycles. The predicted molar refractivity (Wildman–Crippen MR) is 65.3 cm³/mol. The molecular weight excluding hydrogens is 271 g/mol. The van der Waals surface area contributed by atoms with E-state index in [1.54, 1.807) is 18.3 Å². The van der Waals surface area contributed by atoms with Crippen molar-refractivity contribution < 1.29 is 18.0 Å². The number of carbonyl (C=O) groups excluding carboxylic acids is 1. The van der Waals surface area contributed by atoms with Gasteiger partial charge in [-0.3, -0.25) is 14.5 Å². The van der Waals surface area contributed by atoms with Crippen LogP contribution in [-0.4, -0.2) is 26.7 Å². The lowest BCUT2D eigenvalue weighted by atomic mass is 10.1. The average molecular weight is 283 g/mol. The number of pyridine rings is 1. The lowest BCUT2D eigenvalue weighted by molar-refractivity contribution is -0.142. The smallest absolute Gasteiger partial charge is 0.294 e. The third-order valence-corrected chi connectivity index (χ3v) is 2.87. The van der Waals surface area contributed by atoms with E-state index in [1.807, 2.05) is 0 Å². The maximum atomic E-state index is 12.3. The van der Waals surface area contributed by atoms with Gasteiger partial charge in [0.05, 0.1) is 6.20 Å². The molecule has 2 rings (SSSR count). The molecule has 0 aliphatic rings. The van der Waals surface area contributed by atoms with E-state index in [1.165, 1.54) is 19.3 Å². The van der Waals surface area contributed by atoms with Gasteiger partial charge in [-0.15, -0.1) is 0 Å². The molecule has 0 aliphatic carbocycles. The molecule has 0 spiro atoms. The van der Waals surface area contributed by atoms with Crippen LogP contribution < -0.4 is 0 Å². The summed E-state index contributed by atoms with van der Waals surface area (Å²) in [6, 6.07) is 3.25. The molecule has 0 fully saturated rings. The molecule has 0 atom stereocenters. The highest BCUT2D eigenvalue weighted by atomic mass is 19.4. The van der Waals surface area contributed by atoms with Crippen molar-refractivity contribution in [2.24, 2.45) is 0 Å². The first-order valence-corrected chi connectivity index (χ1v) is 5.88. The second kappa shape index (κ2) is 5.44. The first-order chi connectivity index (χ1) is 9.37. The van der Waals surface area contributed by atoms with Crippen molar-refractivity contribution in [3.8, 4) is 0 Å². The second-order valence-corrected chi connectivity index (χ2v) is 4.37. The molecule has 0 N–H and O–H groups in total. The van der Waals surface area contributed by atoms with Gasteiger partial charge in [-0.05, 0) is 19.1 Å². The van der Waals surface area contributed by atoms with E-state index in [0.717, 1.165) is 4.68 Å². The Morgan fingerprint density at radius 3 is 2.70 bits per heavy atom. The zero-order valence-corrected chi connectivity index (χ0v) is 10.7. The summed E-state index contributed by atoms with van der Waals surface area (Å²) in [6.45, 7) is 0.366. The fourth-order valence-corrected chi connectivity index (χ4v) is 1.79. The SMILES string of the molecule is Cc1c(CC(=O)c2cccnc2)cnn1CC(F)(F)F. The molecule has 0 aliphatic heterocycles. The van der Waals surface area contributed by atoms with Crippen LogP contribution in [0.1, 0.15) is 21.6 Å². The number of hydrogen-bond acceptors (Lipinski definition) is 3. The first-order valence-electron chi connectivity index (χ1n) is 5.88. The highest BCUT2D eigenvalue weighted by molar-refractivity contribution is 5.97. The Balaban J connectivity index is 2.13. The number of Topliss-reactive ketones (excluding diaryl/α,β-unsaturated/α-hetero) is 1. The van der Waals surface area contributed by atoms with Gasteiger partial charge in [0, 0.05) is 35.6 Å². The number of carbonyl (C=O) groups is 1. The van der Waals surface area contributed by atoms with Crippen LogP contribution in [0.25, 0.3) is 0 Å². The van der Waals surface area contributed by atoms with Gasteiger partial charge < -0.3 is 0 Å². The average Bonchev–Trinajstić information content (AvgIpc) is 2.71.